The topological polar surface area (TPSA) is 52.9 Å². The molecule has 1 atom stereocenters. The van der Waals surface area contributed by atoms with E-state index in [1.807, 2.05) is 13.0 Å². The number of nitrogens with zero attached hydrogens (tertiary/aromatic N) is 1. The molecule has 1 unspecified atom stereocenters. The fraction of sp³-hybridized carbons (Fsp3) is 0.333. The van der Waals surface area contributed by atoms with Gasteiger partial charge in [-0.2, -0.15) is 5.26 Å². The van der Waals surface area contributed by atoms with Gasteiger partial charge < -0.3 is 5.32 Å². The van der Waals surface area contributed by atoms with Crippen molar-refractivity contribution < 1.29 is 13.6 Å². The minimum Gasteiger partial charge on any atom is -0.348 e. The highest BCUT2D eigenvalue weighted by Crippen LogP contribution is 2.10. The van der Waals surface area contributed by atoms with Gasteiger partial charge in [-0.15, -0.1) is 0 Å². The monoisotopic (exact) mass is 238 g/mol. The van der Waals surface area contributed by atoms with Crippen molar-refractivity contribution in [3.8, 4) is 6.07 Å². The molecule has 0 bridgehead atoms. The summed E-state index contributed by atoms with van der Waals surface area (Å²) in [6.45, 7) is 1.81. The van der Waals surface area contributed by atoms with Crippen LogP contribution in [-0.4, -0.2) is 11.9 Å². The number of nitriles is 1. The maximum atomic E-state index is 13.3. The van der Waals surface area contributed by atoms with Crippen molar-refractivity contribution in [3.63, 3.8) is 0 Å². The Labute approximate surface area is 98.1 Å². The van der Waals surface area contributed by atoms with E-state index in [0.29, 0.717) is 12.5 Å². The van der Waals surface area contributed by atoms with Crippen molar-refractivity contribution in [3.05, 3.63) is 35.4 Å². The number of hydrogen-bond acceptors (Lipinski definition) is 2. The summed E-state index contributed by atoms with van der Waals surface area (Å²) in [6, 6.07) is 4.36. The molecule has 0 saturated carbocycles. The second kappa shape index (κ2) is 5.94. The highest BCUT2D eigenvalue weighted by Gasteiger charge is 2.15. The van der Waals surface area contributed by atoms with Crippen molar-refractivity contribution in [1.82, 2.24) is 5.32 Å². The molecule has 0 saturated heterocycles. The van der Waals surface area contributed by atoms with Crippen LogP contribution in [0.3, 0.4) is 0 Å². The summed E-state index contributed by atoms with van der Waals surface area (Å²) < 4.78 is 25.9. The Kier molecular flexibility index (Phi) is 4.58. The van der Waals surface area contributed by atoms with E-state index in [0.717, 1.165) is 12.1 Å². The molecule has 0 spiro atoms. The second-order valence-electron chi connectivity index (χ2n) is 3.57. The maximum absolute atomic E-state index is 13.3. The predicted octanol–water partition coefficient (Wildman–Crippen LogP) is 2.39. The van der Waals surface area contributed by atoms with E-state index >= 15 is 0 Å². The zero-order valence-electron chi connectivity index (χ0n) is 9.34. The molecule has 1 N–H and O–H groups in total. The molecule has 0 aliphatic carbocycles. The predicted molar refractivity (Wildman–Crippen MR) is 58.1 cm³/mol. The fourth-order valence-electron chi connectivity index (χ4n) is 1.34. The third-order valence-electron chi connectivity index (χ3n) is 2.34. The minimum atomic E-state index is -0.908. The van der Waals surface area contributed by atoms with E-state index in [1.54, 1.807) is 0 Å². The number of rotatable bonds is 4. The van der Waals surface area contributed by atoms with Crippen molar-refractivity contribution in [2.45, 2.75) is 25.8 Å². The Morgan fingerprint density at radius 3 is 2.76 bits per heavy atom. The summed E-state index contributed by atoms with van der Waals surface area (Å²) in [6.07, 6.45) is 0.729. The lowest BCUT2D eigenvalue weighted by Crippen LogP contribution is -2.34. The standard InChI is InChI=1S/C12H12F2N2O/c1-2-9(5-6-15)16-12(17)10-4-3-8(13)7-11(10)14/h3-4,7,9H,2,5H2,1H3,(H,16,17). The molecule has 1 aromatic rings. The van der Waals surface area contributed by atoms with Gasteiger partial charge in [-0.3, -0.25) is 4.79 Å². The first-order valence-electron chi connectivity index (χ1n) is 5.21. The smallest absolute Gasteiger partial charge is 0.254 e. The Morgan fingerprint density at radius 1 is 1.53 bits per heavy atom. The van der Waals surface area contributed by atoms with E-state index in [-0.39, 0.29) is 18.0 Å². The van der Waals surface area contributed by atoms with Crippen molar-refractivity contribution >= 4 is 5.91 Å². The third kappa shape index (κ3) is 3.52. The van der Waals surface area contributed by atoms with Gasteiger partial charge in [0.2, 0.25) is 0 Å². The number of hydrogen-bond donors (Lipinski definition) is 1. The molecule has 0 aliphatic rings. The number of benzene rings is 1. The lowest BCUT2D eigenvalue weighted by atomic mass is 10.1. The van der Waals surface area contributed by atoms with E-state index in [4.69, 9.17) is 5.26 Å². The summed E-state index contributed by atoms with van der Waals surface area (Å²) in [4.78, 5) is 11.6. The van der Waals surface area contributed by atoms with Gasteiger partial charge in [-0.05, 0) is 18.6 Å². The average molecular weight is 238 g/mol. The van der Waals surface area contributed by atoms with Gasteiger partial charge in [-0.1, -0.05) is 6.92 Å². The normalized spacial score (nSPS) is 11.6. The third-order valence-corrected chi connectivity index (χ3v) is 2.34. The van der Waals surface area contributed by atoms with Crippen LogP contribution in [0.15, 0.2) is 18.2 Å². The van der Waals surface area contributed by atoms with Crippen LogP contribution in [0.4, 0.5) is 8.78 Å². The first-order valence-corrected chi connectivity index (χ1v) is 5.21. The van der Waals surface area contributed by atoms with Crippen LogP contribution in [0.2, 0.25) is 0 Å². The maximum Gasteiger partial charge on any atom is 0.254 e. The first kappa shape index (κ1) is 13.1. The van der Waals surface area contributed by atoms with E-state index in [1.165, 1.54) is 0 Å². The van der Waals surface area contributed by atoms with Crippen LogP contribution in [-0.2, 0) is 0 Å². The Bertz CT molecular complexity index is 454. The SMILES string of the molecule is CCC(CC#N)NC(=O)c1ccc(F)cc1F. The van der Waals surface area contributed by atoms with E-state index in [2.05, 4.69) is 5.32 Å². The molecule has 5 heteroatoms. The van der Waals surface area contributed by atoms with Crippen molar-refractivity contribution in [2.24, 2.45) is 0 Å². The zero-order valence-corrected chi connectivity index (χ0v) is 9.34. The summed E-state index contributed by atoms with van der Waals surface area (Å²) in [5.74, 6) is -2.28. The molecular formula is C12H12F2N2O. The largest absolute Gasteiger partial charge is 0.348 e. The quantitative estimate of drug-likeness (QED) is 0.875. The second-order valence-corrected chi connectivity index (χ2v) is 3.57. The Hall–Kier alpha value is -1.96. The van der Waals surface area contributed by atoms with Gasteiger partial charge in [-0.25, -0.2) is 8.78 Å². The Morgan fingerprint density at radius 2 is 2.24 bits per heavy atom. The molecule has 90 valence electrons. The van der Waals surface area contributed by atoms with E-state index < -0.39 is 17.5 Å². The number of carbonyl (C=O) groups excluding carboxylic acids is 1. The first-order chi connectivity index (χ1) is 8.08. The molecule has 0 radical (unpaired) electrons. The van der Waals surface area contributed by atoms with Gasteiger partial charge in [0.1, 0.15) is 11.6 Å². The number of amides is 1. The molecule has 0 heterocycles. The lowest BCUT2D eigenvalue weighted by molar-refractivity contribution is 0.0932. The minimum absolute atomic E-state index is 0.158. The van der Waals surface area contributed by atoms with Crippen LogP contribution in [0, 0.1) is 23.0 Å². The van der Waals surface area contributed by atoms with Gasteiger partial charge >= 0.3 is 0 Å². The summed E-state index contributed by atoms with van der Waals surface area (Å²) in [5.41, 5.74) is -0.220. The van der Waals surface area contributed by atoms with Crippen molar-refractivity contribution in [2.75, 3.05) is 0 Å². The molecular weight excluding hydrogens is 226 g/mol. The van der Waals surface area contributed by atoms with Crippen LogP contribution in [0.25, 0.3) is 0 Å². The molecule has 0 aromatic heterocycles. The molecule has 1 rings (SSSR count). The Balaban J connectivity index is 2.79. The van der Waals surface area contributed by atoms with Crippen LogP contribution < -0.4 is 5.32 Å². The highest BCUT2D eigenvalue weighted by atomic mass is 19.1. The van der Waals surface area contributed by atoms with Crippen LogP contribution in [0.1, 0.15) is 30.1 Å². The van der Waals surface area contributed by atoms with Gasteiger partial charge in [0.05, 0.1) is 18.1 Å². The molecule has 0 aliphatic heterocycles. The number of carbonyl (C=O) groups is 1. The number of nitrogens with one attached hydrogen (secondary N) is 1. The van der Waals surface area contributed by atoms with Gasteiger partial charge in [0.15, 0.2) is 0 Å². The van der Waals surface area contributed by atoms with Crippen LogP contribution >= 0.6 is 0 Å². The molecule has 17 heavy (non-hydrogen) atoms. The average Bonchev–Trinajstić information content (AvgIpc) is 2.28. The summed E-state index contributed by atoms with van der Waals surface area (Å²) in [7, 11) is 0. The zero-order chi connectivity index (χ0) is 12.8. The molecule has 1 amide bonds. The van der Waals surface area contributed by atoms with Gasteiger partial charge in [0, 0.05) is 12.1 Å². The highest BCUT2D eigenvalue weighted by molar-refractivity contribution is 5.94. The van der Waals surface area contributed by atoms with E-state index in [9.17, 15) is 13.6 Å². The van der Waals surface area contributed by atoms with Crippen LogP contribution in [0.5, 0.6) is 0 Å². The van der Waals surface area contributed by atoms with Gasteiger partial charge in [0.25, 0.3) is 5.91 Å². The summed E-state index contributed by atoms with van der Waals surface area (Å²) >= 11 is 0. The molecule has 3 nitrogen and oxygen atoms in total. The van der Waals surface area contributed by atoms with Crippen molar-refractivity contribution in [1.29, 1.82) is 5.26 Å². The fourth-order valence-corrected chi connectivity index (χ4v) is 1.34. The number of halogens is 2. The summed E-state index contributed by atoms with van der Waals surface area (Å²) in [5, 5.41) is 11.0. The molecule has 0 fully saturated rings. The molecule has 1 aromatic carbocycles. The lowest BCUT2D eigenvalue weighted by Gasteiger charge is -2.13.